The summed E-state index contributed by atoms with van der Waals surface area (Å²) in [5.74, 6) is 1.60. The molecule has 0 aliphatic rings. The highest BCUT2D eigenvalue weighted by atomic mass is 16.5. The van der Waals surface area contributed by atoms with Gasteiger partial charge in [0.25, 0.3) is 5.91 Å². The van der Waals surface area contributed by atoms with E-state index in [1.165, 1.54) is 0 Å². The Morgan fingerprint density at radius 2 is 1.59 bits per heavy atom. The van der Waals surface area contributed by atoms with Gasteiger partial charge in [-0.1, -0.05) is 30.3 Å². The van der Waals surface area contributed by atoms with Gasteiger partial charge >= 0.3 is 0 Å². The Morgan fingerprint density at radius 3 is 2.26 bits per heavy atom. The van der Waals surface area contributed by atoms with Crippen molar-refractivity contribution in [2.75, 3.05) is 19.5 Å². The van der Waals surface area contributed by atoms with E-state index in [1.54, 1.807) is 56.7 Å². The van der Waals surface area contributed by atoms with Crippen LogP contribution in [0.15, 0.2) is 72.8 Å². The molecule has 0 fully saturated rings. The number of carbonyl (C=O) groups is 1. The van der Waals surface area contributed by atoms with E-state index in [0.29, 0.717) is 29.4 Å². The molecule has 3 aromatic carbocycles. The first kappa shape index (κ1) is 18.3. The van der Waals surface area contributed by atoms with Crippen molar-refractivity contribution in [1.29, 1.82) is 0 Å². The molecule has 1 N–H and O–H groups in total. The molecule has 0 saturated heterocycles. The lowest BCUT2D eigenvalue weighted by atomic mass is 10.1. The summed E-state index contributed by atoms with van der Waals surface area (Å²) in [6, 6.07) is 22.1. The molecule has 0 saturated carbocycles. The Morgan fingerprint density at radius 1 is 0.852 bits per heavy atom. The summed E-state index contributed by atoms with van der Waals surface area (Å²) in [5.41, 5.74) is 2.22. The number of anilines is 1. The maximum Gasteiger partial charge on any atom is 0.255 e. The molecule has 5 nitrogen and oxygen atoms in total. The maximum atomic E-state index is 12.5. The van der Waals surface area contributed by atoms with E-state index >= 15 is 0 Å². The molecule has 0 unspecified atom stereocenters. The second kappa shape index (κ2) is 8.76. The molecule has 3 rings (SSSR count). The monoisotopic (exact) mass is 363 g/mol. The highest BCUT2D eigenvalue weighted by Crippen LogP contribution is 2.29. The molecule has 0 bridgehead atoms. The molecular weight excluding hydrogens is 342 g/mol. The molecule has 0 radical (unpaired) electrons. The standard InChI is InChI=1S/C22H21NO4/c1-25-19-11-9-18(10-12-19)23-22(24)17-8-13-20(21(14-17)26-2)27-15-16-6-4-3-5-7-16/h3-14H,15H2,1-2H3,(H,23,24). The van der Waals surface area contributed by atoms with Crippen LogP contribution in [0.1, 0.15) is 15.9 Å². The molecular formula is C22H21NO4. The average molecular weight is 363 g/mol. The number of carbonyl (C=O) groups excluding carboxylic acids is 1. The van der Waals surface area contributed by atoms with Crippen molar-refractivity contribution in [3.05, 3.63) is 83.9 Å². The van der Waals surface area contributed by atoms with Crippen molar-refractivity contribution in [3.8, 4) is 17.2 Å². The van der Waals surface area contributed by atoms with Crippen molar-refractivity contribution in [3.63, 3.8) is 0 Å². The molecule has 1 amide bonds. The van der Waals surface area contributed by atoms with Gasteiger partial charge in [0, 0.05) is 11.3 Å². The van der Waals surface area contributed by atoms with Gasteiger partial charge in [-0.25, -0.2) is 0 Å². The van der Waals surface area contributed by atoms with Crippen LogP contribution < -0.4 is 19.5 Å². The van der Waals surface area contributed by atoms with E-state index in [9.17, 15) is 4.79 Å². The lowest BCUT2D eigenvalue weighted by Gasteiger charge is -2.12. The first-order chi connectivity index (χ1) is 13.2. The SMILES string of the molecule is COc1ccc(NC(=O)c2ccc(OCc3ccccc3)c(OC)c2)cc1. The fourth-order valence-electron chi connectivity index (χ4n) is 2.54. The van der Waals surface area contributed by atoms with E-state index in [2.05, 4.69) is 5.32 Å². The molecule has 0 heterocycles. The van der Waals surface area contributed by atoms with Crippen LogP contribution in [-0.4, -0.2) is 20.1 Å². The minimum absolute atomic E-state index is 0.229. The molecule has 0 aliphatic carbocycles. The first-order valence-corrected chi connectivity index (χ1v) is 8.50. The molecule has 138 valence electrons. The predicted octanol–water partition coefficient (Wildman–Crippen LogP) is 4.54. The Balaban J connectivity index is 1.69. The molecule has 5 heteroatoms. The van der Waals surface area contributed by atoms with Gasteiger partial charge in [-0.05, 0) is 48.0 Å². The average Bonchev–Trinajstić information content (AvgIpc) is 2.73. The largest absolute Gasteiger partial charge is 0.497 e. The molecule has 0 aliphatic heterocycles. The Hall–Kier alpha value is -3.47. The Kier molecular flexibility index (Phi) is 5.94. The van der Waals surface area contributed by atoms with Gasteiger partial charge in [-0.15, -0.1) is 0 Å². The van der Waals surface area contributed by atoms with Crippen LogP contribution in [-0.2, 0) is 6.61 Å². The number of amides is 1. The fourth-order valence-corrected chi connectivity index (χ4v) is 2.54. The number of hydrogen-bond acceptors (Lipinski definition) is 4. The number of ether oxygens (including phenoxy) is 3. The van der Waals surface area contributed by atoms with Crippen molar-refractivity contribution >= 4 is 11.6 Å². The first-order valence-electron chi connectivity index (χ1n) is 8.50. The van der Waals surface area contributed by atoms with Gasteiger partial charge in [0.15, 0.2) is 11.5 Å². The maximum absolute atomic E-state index is 12.5. The number of benzene rings is 3. The number of nitrogens with one attached hydrogen (secondary N) is 1. The van der Waals surface area contributed by atoms with Gasteiger partial charge in [0.2, 0.25) is 0 Å². The van der Waals surface area contributed by atoms with Crippen LogP contribution in [0.3, 0.4) is 0 Å². The normalized spacial score (nSPS) is 10.1. The van der Waals surface area contributed by atoms with E-state index in [1.807, 2.05) is 30.3 Å². The van der Waals surface area contributed by atoms with Crippen LogP contribution in [0.4, 0.5) is 5.69 Å². The zero-order valence-electron chi connectivity index (χ0n) is 15.3. The number of methoxy groups -OCH3 is 2. The topological polar surface area (TPSA) is 56.8 Å². The van der Waals surface area contributed by atoms with Crippen molar-refractivity contribution in [2.24, 2.45) is 0 Å². The highest BCUT2D eigenvalue weighted by molar-refractivity contribution is 6.04. The summed E-state index contributed by atoms with van der Waals surface area (Å²) in [6.07, 6.45) is 0. The van der Waals surface area contributed by atoms with E-state index in [-0.39, 0.29) is 5.91 Å². The molecule has 3 aromatic rings. The zero-order chi connectivity index (χ0) is 19.1. The summed E-state index contributed by atoms with van der Waals surface area (Å²) in [4.78, 5) is 12.5. The lowest BCUT2D eigenvalue weighted by molar-refractivity contribution is 0.102. The number of rotatable bonds is 7. The lowest BCUT2D eigenvalue weighted by Crippen LogP contribution is -2.12. The van der Waals surface area contributed by atoms with Gasteiger partial charge in [0.05, 0.1) is 14.2 Å². The van der Waals surface area contributed by atoms with Crippen LogP contribution in [0.25, 0.3) is 0 Å². The van der Waals surface area contributed by atoms with Crippen LogP contribution in [0.5, 0.6) is 17.2 Å². The summed E-state index contributed by atoms with van der Waals surface area (Å²) >= 11 is 0. The Labute approximate surface area is 158 Å². The van der Waals surface area contributed by atoms with Crippen molar-refractivity contribution < 1.29 is 19.0 Å². The minimum atomic E-state index is -0.229. The summed E-state index contributed by atoms with van der Waals surface area (Å²) in [5, 5.41) is 2.85. The van der Waals surface area contributed by atoms with Gasteiger partial charge in [-0.2, -0.15) is 0 Å². The quantitative estimate of drug-likeness (QED) is 0.670. The molecule has 27 heavy (non-hydrogen) atoms. The molecule has 0 aromatic heterocycles. The van der Waals surface area contributed by atoms with Crippen LogP contribution in [0, 0.1) is 0 Å². The third-order valence-electron chi connectivity index (χ3n) is 4.01. The Bertz CT molecular complexity index is 892. The minimum Gasteiger partial charge on any atom is -0.497 e. The van der Waals surface area contributed by atoms with Gasteiger partial charge in [0.1, 0.15) is 12.4 Å². The molecule has 0 atom stereocenters. The molecule has 0 spiro atoms. The summed E-state index contributed by atoms with van der Waals surface area (Å²) < 4.78 is 16.3. The second-order valence-electron chi connectivity index (χ2n) is 5.82. The highest BCUT2D eigenvalue weighted by Gasteiger charge is 2.12. The van der Waals surface area contributed by atoms with Gasteiger partial charge in [-0.3, -0.25) is 4.79 Å². The van der Waals surface area contributed by atoms with E-state index in [4.69, 9.17) is 14.2 Å². The number of hydrogen-bond donors (Lipinski definition) is 1. The second-order valence-corrected chi connectivity index (χ2v) is 5.82. The summed E-state index contributed by atoms with van der Waals surface area (Å²) in [6.45, 7) is 0.425. The zero-order valence-corrected chi connectivity index (χ0v) is 15.3. The fraction of sp³-hybridized carbons (Fsp3) is 0.136. The van der Waals surface area contributed by atoms with Crippen molar-refractivity contribution in [1.82, 2.24) is 0 Å². The van der Waals surface area contributed by atoms with Crippen LogP contribution >= 0.6 is 0 Å². The van der Waals surface area contributed by atoms with E-state index in [0.717, 1.165) is 11.3 Å². The smallest absolute Gasteiger partial charge is 0.255 e. The third kappa shape index (κ3) is 4.79. The van der Waals surface area contributed by atoms with Crippen molar-refractivity contribution in [2.45, 2.75) is 6.61 Å². The van der Waals surface area contributed by atoms with E-state index < -0.39 is 0 Å². The predicted molar refractivity (Wildman–Crippen MR) is 105 cm³/mol. The third-order valence-corrected chi connectivity index (χ3v) is 4.01. The van der Waals surface area contributed by atoms with Gasteiger partial charge < -0.3 is 19.5 Å². The summed E-state index contributed by atoms with van der Waals surface area (Å²) in [7, 11) is 3.15. The van der Waals surface area contributed by atoms with Crippen LogP contribution in [0.2, 0.25) is 0 Å².